The molecule has 208 valence electrons. The van der Waals surface area contributed by atoms with Gasteiger partial charge in [0.15, 0.2) is 0 Å². The third-order valence-corrected chi connectivity index (χ3v) is 9.84. The van der Waals surface area contributed by atoms with Crippen LogP contribution in [-0.4, -0.2) is 12.7 Å². The highest BCUT2D eigenvalue weighted by molar-refractivity contribution is 6.86. The lowest BCUT2D eigenvalue weighted by atomic mass is 9.32. The fraction of sp³-hybridized carbons (Fsp3) is 0.179. The summed E-state index contributed by atoms with van der Waals surface area (Å²) in [6.07, 6.45) is 0.938. The van der Waals surface area contributed by atoms with Crippen molar-refractivity contribution in [2.75, 3.05) is 9.80 Å². The highest BCUT2D eigenvalue weighted by Crippen LogP contribution is 2.56. The van der Waals surface area contributed by atoms with Crippen molar-refractivity contribution in [2.45, 2.75) is 44.7 Å². The number of para-hydroxylation sites is 3. The molecule has 3 heterocycles. The summed E-state index contributed by atoms with van der Waals surface area (Å²) >= 11 is 0. The molecule has 2 unspecified atom stereocenters. The number of benzene rings is 5. The molecule has 5 aromatic carbocycles. The van der Waals surface area contributed by atoms with Crippen molar-refractivity contribution in [3.63, 3.8) is 0 Å². The van der Waals surface area contributed by atoms with E-state index in [1.54, 1.807) is 0 Å². The zero-order valence-corrected chi connectivity index (χ0v) is 24.8. The average molecular weight is 557 g/mol. The van der Waals surface area contributed by atoms with Crippen molar-refractivity contribution in [1.29, 1.82) is 0 Å². The summed E-state index contributed by atoms with van der Waals surface area (Å²) < 4.78 is 7.06. The van der Waals surface area contributed by atoms with Gasteiger partial charge in [-0.05, 0) is 70.9 Å². The second kappa shape index (κ2) is 8.91. The summed E-state index contributed by atoms with van der Waals surface area (Å²) in [4.78, 5) is 5.13. The maximum atomic E-state index is 7.06. The third-order valence-electron chi connectivity index (χ3n) is 9.84. The molecule has 0 fully saturated rings. The largest absolute Gasteiger partial charge is 0.495 e. The first kappa shape index (κ1) is 24.9. The van der Waals surface area contributed by atoms with Gasteiger partial charge in [0.1, 0.15) is 11.8 Å². The molecule has 5 aromatic rings. The van der Waals surface area contributed by atoms with Gasteiger partial charge >= 0.3 is 0 Å². The van der Waals surface area contributed by atoms with Gasteiger partial charge in [-0.25, -0.2) is 0 Å². The quantitative estimate of drug-likeness (QED) is 0.203. The van der Waals surface area contributed by atoms with Crippen molar-refractivity contribution in [1.82, 2.24) is 0 Å². The van der Waals surface area contributed by atoms with Gasteiger partial charge in [-0.1, -0.05) is 105 Å². The number of nitrogens with zero attached hydrogens (tertiary/aromatic N) is 2. The highest BCUT2D eigenvalue weighted by atomic mass is 16.5. The lowest BCUT2D eigenvalue weighted by Gasteiger charge is -2.48. The van der Waals surface area contributed by atoms with Gasteiger partial charge in [-0.3, -0.25) is 0 Å². The molecule has 0 N–H and O–H groups in total. The van der Waals surface area contributed by atoms with E-state index in [0.717, 1.165) is 12.2 Å². The number of hydrogen-bond acceptors (Lipinski definition) is 3. The van der Waals surface area contributed by atoms with E-state index in [-0.39, 0.29) is 24.2 Å². The summed E-state index contributed by atoms with van der Waals surface area (Å²) in [6, 6.07) is 44.5. The maximum Gasteiger partial charge on any atom is 0.263 e. The Hall–Kier alpha value is -4.70. The second-order valence-electron chi connectivity index (χ2n) is 13.3. The van der Waals surface area contributed by atoms with E-state index < -0.39 is 0 Å². The lowest BCUT2D eigenvalue weighted by molar-refractivity contribution is 0.281. The molecular formula is C39H33BN2O. The standard InChI is InChI=1S/C39H33BN2O/c1-39(2,3)26-23-32-35-33(24-26)42(28-17-8-5-9-18-28)37-30-20-12-13-21-34(30)43-38(37)40(35)31-22-25-14-10-11-19-29(25)36(31)41(32)27-15-6-4-7-16-27/h4-21,23-24,37-38H,22H2,1-3H3. The minimum atomic E-state index is -0.0402. The predicted molar refractivity (Wildman–Crippen MR) is 178 cm³/mol. The molecule has 0 radical (unpaired) electrons. The van der Waals surface area contributed by atoms with Crippen LogP contribution in [-0.2, 0) is 11.8 Å². The number of anilines is 4. The summed E-state index contributed by atoms with van der Waals surface area (Å²) in [5, 5.41) is 0. The SMILES string of the molecule is CC(C)(C)c1cc2c3c(c1)N(c1ccccc1)C1c4ccccc4OC1B3C1=C(c3ccccc3C1)N2c1ccccc1. The molecule has 0 aromatic heterocycles. The van der Waals surface area contributed by atoms with Crippen LogP contribution >= 0.6 is 0 Å². The van der Waals surface area contributed by atoms with Crippen molar-refractivity contribution in [3.8, 4) is 5.75 Å². The number of ether oxygens (including phenoxy) is 1. The van der Waals surface area contributed by atoms with Gasteiger partial charge in [-0.15, -0.1) is 0 Å². The molecule has 43 heavy (non-hydrogen) atoms. The Morgan fingerprint density at radius 1 is 0.721 bits per heavy atom. The van der Waals surface area contributed by atoms with E-state index in [2.05, 4.69) is 152 Å². The third kappa shape index (κ3) is 3.50. The Balaban J connectivity index is 1.41. The van der Waals surface area contributed by atoms with E-state index in [1.165, 1.54) is 61.6 Å². The van der Waals surface area contributed by atoms with E-state index in [1.807, 2.05) is 0 Å². The van der Waals surface area contributed by atoms with Crippen LogP contribution < -0.4 is 20.0 Å². The summed E-state index contributed by atoms with van der Waals surface area (Å²) in [7, 11) is 0. The molecule has 0 saturated heterocycles. The topological polar surface area (TPSA) is 15.7 Å². The Labute approximate surface area is 254 Å². The monoisotopic (exact) mass is 556 g/mol. The van der Waals surface area contributed by atoms with Crippen LogP contribution in [0, 0.1) is 0 Å². The van der Waals surface area contributed by atoms with Crippen LogP contribution in [0.15, 0.2) is 127 Å². The number of rotatable bonds is 2. The maximum absolute atomic E-state index is 7.06. The molecule has 0 bridgehead atoms. The van der Waals surface area contributed by atoms with E-state index in [9.17, 15) is 0 Å². The molecule has 3 nitrogen and oxygen atoms in total. The second-order valence-corrected chi connectivity index (χ2v) is 13.3. The molecule has 0 saturated carbocycles. The molecule has 2 atom stereocenters. The fourth-order valence-corrected chi connectivity index (χ4v) is 7.94. The Morgan fingerprint density at radius 2 is 1.37 bits per heavy atom. The van der Waals surface area contributed by atoms with Crippen LogP contribution in [0.4, 0.5) is 22.7 Å². The minimum Gasteiger partial charge on any atom is -0.495 e. The van der Waals surface area contributed by atoms with E-state index in [0.29, 0.717) is 0 Å². The van der Waals surface area contributed by atoms with Crippen molar-refractivity contribution >= 4 is 40.6 Å². The first-order valence-electron chi connectivity index (χ1n) is 15.4. The Kier molecular flexibility index (Phi) is 5.15. The molecule has 3 aliphatic heterocycles. The Morgan fingerprint density at radius 3 is 2.14 bits per heavy atom. The fourth-order valence-electron chi connectivity index (χ4n) is 7.94. The smallest absolute Gasteiger partial charge is 0.263 e. The molecule has 4 heteroatoms. The van der Waals surface area contributed by atoms with Crippen LogP contribution in [0.5, 0.6) is 5.75 Å². The van der Waals surface area contributed by atoms with E-state index >= 15 is 0 Å². The van der Waals surface area contributed by atoms with Gasteiger partial charge in [0.25, 0.3) is 6.71 Å². The zero-order valence-electron chi connectivity index (χ0n) is 24.8. The van der Waals surface area contributed by atoms with Crippen molar-refractivity contribution in [2.24, 2.45) is 0 Å². The van der Waals surface area contributed by atoms with Gasteiger partial charge in [0.2, 0.25) is 0 Å². The van der Waals surface area contributed by atoms with Gasteiger partial charge < -0.3 is 14.5 Å². The van der Waals surface area contributed by atoms with E-state index in [4.69, 9.17) is 4.74 Å². The van der Waals surface area contributed by atoms with Gasteiger partial charge in [0, 0.05) is 39.6 Å². The predicted octanol–water partition coefficient (Wildman–Crippen LogP) is 8.54. The molecule has 4 aliphatic rings. The number of allylic oxidation sites excluding steroid dienone is 1. The van der Waals surface area contributed by atoms with Crippen LogP contribution in [0.3, 0.4) is 0 Å². The van der Waals surface area contributed by atoms with Crippen LogP contribution in [0.25, 0.3) is 5.70 Å². The molecular weight excluding hydrogens is 523 g/mol. The molecule has 9 rings (SSSR count). The molecule has 1 aliphatic carbocycles. The average Bonchev–Trinajstić information content (AvgIpc) is 3.60. The summed E-state index contributed by atoms with van der Waals surface area (Å²) in [6.45, 7) is 7.13. The molecule has 0 amide bonds. The van der Waals surface area contributed by atoms with Crippen LogP contribution in [0.2, 0.25) is 0 Å². The van der Waals surface area contributed by atoms with Crippen LogP contribution in [0.1, 0.15) is 49.1 Å². The first-order valence-corrected chi connectivity index (χ1v) is 15.4. The first-order chi connectivity index (χ1) is 21.0. The van der Waals surface area contributed by atoms with Gasteiger partial charge in [-0.2, -0.15) is 0 Å². The van der Waals surface area contributed by atoms with Crippen molar-refractivity contribution in [3.05, 3.63) is 149 Å². The van der Waals surface area contributed by atoms with Crippen molar-refractivity contribution < 1.29 is 4.74 Å². The lowest BCUT2D eigenvalue weighted by Crippen LogP contribution is -2.60. The Bertz CT molecular complexity index is 1940. The summed E-state index contributed by atoms with van der Waals surface area (Å²) in [5.74, 6) is 1.01. The number of fused-ring (bicyclic) bond motifs is 7. The normalized spacial score (nSPS) is 19.4. The van der Waals surface area contributed by atoms with Gasteiger partial charge in [0.05, 0.1) is 6.04 Å². The summed E-state index contributed by atoms with van der Waals surface area (Å²) in [5.41, 5.74) is 14.5. The zero-order chi connectivity index (χ0) is 28.9. The highest BCUT2D eigenvalue weighted by Gasteiger charge is 2.56. The minimum absolute atomic E-state index is 0.0328. The number of hydrogen-bond donors (Lipinski definition) is 0. The molecule has 0 spiro atoms.